The summed E-state index contributed by atoms with van der Waals surface area (Å²) in [7, 11) is 1.63. The van der Waals surface area contributed by atoms with Crippen LogP contribution in [0.5, 0.6) is 0 Å². The van der Waals surface area contributed by atoms with E-state index in [4.69, 9.17) is 0 Å². The summed E-state index contributed by atoms with van der Waals surface area (Å²) in [6.07, 6.45) is 4.06. The highest BCUT2D eigenvalue weighted by molar-refractivity contribution is 7.17. The van der Waals surface area contributed by atoms with Crippen LogP contribution < -0.4 is 5.32 Å². The summed E-state index contributed by atoms with van der Waals surface area (Å²) in [5, 5.41) is 7.69. The van der Waals surface area contributed by atoms with Gasteiger partial charge in [-0.25, -0.2) is 4.68 Å². The zero-order chi connectivity index (χ0) is 20.8. The molecule has 3 amide bonds. The molecule has 8 nitrogen and oxygen atoms in total. The van der Waals surface area contributed by atoms with Crippen molar-refractivity contribution in [3.63, 3.8) is 0 Å². The van der Waals surface area contributed by atoms with Crippen LogP contribution in [0, 0.1) is 0 Å². The average Bonchev–Trinajstić information content (AvgIpc) is 3.37. The fourth-order valence-electron chi connectivity index (χ4n) is 3.97. The van der Waals surface area contributed by atoms with E-state index in [9.17, 15) is 14.4 Å². The fourth-order valence-corrected chi connectivity index (χ4v) is 5.24. The molecule has 0 radical (unpaired) electrons. The molecule has 152 valence electrons. The van der Waals surface area contributed by atoms with E-state index in [2.05, 4.69) is 10.4 Å². The fraction of sp³-hybridized carbons (Fsp3) is 0.238. The summed E-state index contributed by atoms with van der Waals surface area (Å²) >= 11 is 1.39. The third-order valence-corrected chi connectivity index (χ3v) is 6.56. The largest absolute Gasteiger partial charge is 0.333 e. The Balaban J connectivity index is 1.47. The van der Waals surface area contributed by atoms with Gasteiger partial charge >= 0.3 is 0 Å². The van der Waals surface area contributed by atoms with E-state index in [0.717, 1.165) is 16.1 Å². The van der Waals surface area contributed by atoms with Crippen molar-refractivity contribution in [2.24, 2.45) is 0 Å². The molecule has 30 heavy (non-hydrogen) atoms. The minimum atomic E-state index is -0.204. The van der Waals surface area contributed by atoms with E-state index in [0.29, 0.717) is 35.6 Å². The molecule has 5 rings (SSSR count). The Morgan fingerprint density at radius 2 is 2.00 bits per heavy atom. The van der Waals surface area contributed by atoms with Crippen LogP contribution >= 0.6 is 11.3 Å². The Labute approximate surface area is 176 Å². The van der Waals surface area contributed by atoms with Crippen LogP contribution in [0.2, 0.25) is 0 Å². The maximum absolute atomic E-state index is 13.3. The average molecular weight is 421 g/mol. The van der Waals surface area contributed by atoms with Gasteiger partial charge in [0.05, 0.1) is 29.9 Å². The van der Waals surface area contributed by atoms with E-state index >= 15 is 0 Å². The Bertz CT molecular complexity index is 1170. The molecule has 2 aliphatic heterocycles. The summed E-state index contributed by atoms with van der Waals surface area (Å²) in [6, 6.07) is 9.20. The highest BCUT2D eigenvalue weighted by Crippen LogP contribution is 2.39. The Morgan fingerprint density at radius 3 is 2.80 bits per heavy atom. The van der Waals surface area contributed by atoms with Gasteiger partial charge in [-0.2, -0.15) is 5.10 Å². The lowest BCUT2D eigenvalue weighted by Crippen LogP contribution is -2.37. The molecule has 1 N–H and O–H groups in total. The lowest BCUT2D eigenvalue weighted by Gasteiger charge is -2.28. The van der Waals surface area contributed by atoms with Gasteiger partial charge in [-0.15, -0.1) is 11.3 Å². The SMILES string of the molecule is CN1CC(=O)Nc2sc3c(c2C1=O)CCN(C(=O)c1ccccc1-n1cccn1)C3. The number of fused-ring (bicyclic) bond motifs is 3. The number of anilines is 1. The number of hydrogen-bond acceptors (Lipinski definition) is 5. The number of para-hydroxylation sites is 1. The molecule has 3 aromatic rings. The number of amides is 3. The number of likely N-dealkylation sites (N-methyl/N-ethyl adjacent to an activating group) is 1. The van der Waals surface area contributed by atoms with Gasteiger partial charge in [0.25, 0.3) is 11.8 Å². The van der Waals surface area contributed by atoms with Gasteiger partial charge in [0, 0.05) is 30.9 Å². The van der Waals surface area contributed by atoms with Gasteiger partial charge < -0.3 is 15.1 Å². The van der Waals surface area contributed by atoms with Crippen LogP contribution in [0.25, 0.3) is 5.69 Å². The van der Waals surface area contributed by atoms with Crippen molar-refractivity contribution in [1.82, 2.24) is 19.6 Å². The van der Waals surface area contributed by atoms with E-state index < -0.39 is 0 Å². The minimum Gasteiger partial charge on any atom is -0.333 e. The molecule has 2 aliphatic rings. The summed E-state index contributed by atoms with van der Waals surface area (Å²) in [5.41, 5.74) is 2.82. The summed E-state index contributed by atoms with van der Waals surface area (Å²) in [4.78, 5) is 42.3. The van der Waals surface area contributed by atoms with Crippen molar-refractivity contribution >= 4 is 34.1 Å². The molecule has 0 spiro atoms. The molecule has 0 fully saturated rings. The molecule has 0 aliphatic carbocycles. The number of nitrogens with one attached hydrogen (secondary N) is 1. The van der Waals surface area contributed by atoms with Gasteiger partial charge in [0.15, 0.2) is 0 Å². The lowest BCUT2D eigenvalue weighted by atomic mass is 10.0. The number of nitrogens with zero attached hydrogens (tertiary/aromatic N) is 4. The summed E-state index contributed by atoms with van der Waals surface area (Å²) in [6.45, 7) is 0.962. The van der Waals surface area contributed by atoms with Gasteiger partial charge in [0.1, 0.15) is 5.00 Å². The number of hydrogen-bond donors (Lipinski definition) is 1. The quantitative estimate of drug-likeness (QED) is 0.687. The predicted octanol–water partition coefficient (Wildman–Crippen LogP) is 2.16. The third-order valence-electron chi connectivity index (χ3n) is 5.42. The molecule has 1 aromatic carbocycles. The monoisotopic (exact) mass is 421 g/mol. The molecular formula is C21H19N5O3S. The first-order chi connectivity index (χ1) is 14.5. The van der Waals surface area contributed by atoms with Crippen molar-refractivity contribution in [3.8, 4) is 5.69 Å². The Morgan fingerprint density at radius 1 is 1.17 bits per heavy atom. The highest BCUT2D eigenvalue weighted by atomic mass is 32.1. The van der Waals surface area contributed by atoms with Crippen LogP contribution in [0.15, 0.2) is 42.7 Å². The number of thiophene rings is 1. The second-order valence-corrected chi connectivity index (χ2v) is 8.47. The van der Waals surface area contributed by atoms with Crippen molar-refractivity contribution in [1.29, 1.82) is 0 Å². The zero-order valence-corrected chi connectivity index (χ0v) is 17.1. The van der Waals surface area contributed by atoms with Crippen molar-refractivity contribution in [2.45, 2.75) is 13.0 Å². The third kappa shape index (κ3) is 2.98. The molecule has 4 heterocycles. The molecule has 0 unspecified atom stereocenters. The van der Waals surface area contributed by atoms with Crippen molar-refractivity contribution in [3.05, 3.63) is 64.3 Å². The number of aromatic nitrogens is 2. The summed E-state index contributed by atoms with van der Waals surface area (Å²) < 4.78 is 1.68. The Hall–Kier alpha value is -3.46. The maximum Gasteiger partial charge on any atom is 0.257 e. The van der Waals surface area contributed by atoms with Gasteiger partial charge in [-0.3, -0.25) is 14.4 Å². The topological polar surface area (TPSA) is 87.5 Å². The van der Waals surface area contributed by atoms with E-state index in [1.54, 1.807) is 28.9 Å². The minimum absolute atomic E-state index is 0.0455. The normalized spacial score (nSPS) is 16.0. The smallest absolute Gasteiger partial charge is 0.257 e. The van der Waals surface area contributed by atoms with E-state index in [1.807, 2.05) is 30.5 Å². The van der Waals surface area contributed by atoms with Crippen LogP contribution in [0.1, 0.15) is 31.2 Å². The first-order valence-electron chi connectivity index (χ1n) is 9.61. The lowest BCUT2D eigenvalue weighted by molar-refractivity contribution is -0.116. The van der Waals surface area contributed by atoms with Crippen LogP contribution in [-0.2, 0) is 17.8 Å². The zero-order valence-electron chi connectivity index (χ0n) is 16.3. The summed E-state index contributed by atoms with van der Waals surface area (Å²) in [5.74, 6) is -0.434. The van der Waals surface area contributed by atoms with Crippen LogP contribution in [0.4, 0.5) is 5.00 Å². The maximum atomic E-state index is 13.3. The van der Waals surface area contributed by atoms with Gasteiger partial charge in [-0.1, -0.05) is 12.1 Å². The number of benzene rings is 1. The molecule has 2 aromatic heterocycles. The van der Waals surface area contributed by atoms with Crippen molar-refractivity contribution < 1.29 is 14.4 Å². The second kappa shape index (κ2) is 7.10. The molecular weight excluding hydrogens is 402 g/mol. The van der Waals surface area contributed by atoms with Crippen molar-refractivity contribution in [2.75, 3.05) is 25.5 Å². The number of rotatable bonds is 2. The molecule has 0 saturated heterocycles. The number of carbonyl (C=O) groups excluding carboxylic acids is 3. The first-order valence-corrected chi connectivity index (χ1v) is 10.4. The predicted molar refractivity (Wildman–Crippen MR) is 112 cm³/mol. The molecule has 9 heteroatoms. The van der Waals surface area contributed by atoms with E-state index in [1.165, 1.54) is 16.2 Å². The van der Waals surface area contributed by atoms with Gasteiger partial charge in [-0.05, 0) is 30.2 Å². The molecule has 0 bridgehead atoms. The second-order valence-electron chi connectivity index (χ2n) is 7.36. The Kier molecular flexibility index (Phi) is 4.39. The number of carbonyl (C=O) groups is 3. The highest BCUT2D eigenvalue weighted by Gasteiger charge is 2.34. The van der Waals surface area contributed by atoms with Crippen LogP contribution in [0.3, 0.4) is 0 Å². The molecule has 0 atom stereocenters. The first kappa shape index (κ1) is 18.6. The standard InChI is InChI=1S/C21H19N5O3S/c1-24-12-17(27)23-19-18(21(24)29)14-7-10-25(11-16(14)30-19)20(28)13-5-2-3-6-15(13)26-9-4-8-22-26/h2-6,8-9H,7,10-12H2,1H3,(H,23,27). The van der Waals surface area contributed by atoms with Gasteiger partial charge in [0.2, 0.25) is 5.91 Å². The van der Waals surface area contributed by atoms with Crippen LogP contribution in [-0.4, -0.2) is 57.4 Å². The molecule has 0 saturated carbocycles. The van der Waals surface area contributed by atoms with E-state index in [-0.39, 0.29) is 24.3 Å².